The minimum atomic E-state index is -3.24. The molecule has 9 heteroatoms. The Morgan fingerprint density at radius 2 is 2.04 bits per heavy atom. The standard InChI is InChI=1S/C16H24N4O4S/c1-25(22,23)20-4-2-14-13(12-20)10-17-11-15(14)16(21)18-3-5-19-6-8-24-9-7-19/h10-11H,2-9,12H2,1H3,(H,18,21). The van der Waals surface area contributed by atoms with E-state index in [2.05, 4.69) is 15.2 Å². The number of fused-ring (bicyclic) bond motifs is 1. The van der Waals surface area contributed by atoms with Crippen molar-refractivity contribution in [1.29, 1.82) is 0 Å². The summed E-state index contributed by atoms with van der Waals surface area (Å²) in [5, 5.41) is 2.94. The third-order valence-electron chi connectivity index (χ3n) is 4.64. The van der Waals surface area contributed by atoms with Crippen LogP contribution in [-0.4, -0.2) is 80.7 Å². The van der Waals surface area contributed by atoms with Gasteiger partial charge in [0.15, 0.2) is 0 Å². The molecular weight excluding hydrogens is 344 g/mol. The highest BCUT2D eigenvalue weighted by molar-refractivity contribution is 7.88. The number of aromatic nitrogens is 1. The molecule has 1 amide bonds. The average molecular weight is 368 g/mol. The van der Waals surface area contributed by atoms with Gasteiger partial charge in [0.2, 0.25) is 10.0 Å². The van der Waals surface area contributed by atoms with Crippen LogP contribution >= 0.6 is 0 Å². The molecule has 0 spiro atoms. The van der Waals surface area contributed by atoms with Crippen LogP contribution in [0.25, 0.3) is 0 Å². The smallest absolute Gasteiger partial charge is 0.253 e. The summed E-state index contributed by atoms with van der Waals surface area (Å²) in [5.41, 5.74) is 2.25. The molecule has 0 aliphatic carbocycles. The number of carbonyl (C=O) groups is 1. The Morgan fingerprint density at radius 3 is 2.76 bits per heavy atom. The van der Waals surface area contributed by atoms with Gasteiger partial charge in [-0.1, -0.05) is 0 Å². The first-order valence-corrected chi connectivity index (χ1v) is 10.3. The third kappa shape index (κ3) is 4.55. The van der Waals surface area contributed by atoms with Gasteiger partial charge in [0, 0.05) is 51.7 Å². The van der Waals surface area contributed by atoms with E-state index in [9.17, 15) is 13.2 Å². The van der Waals surface area contributed by atoms with Gasteiger partial charge in [-0.25, -0.2) is 8.42 Å². The summed E-state index contributed by atoms with van der Waals surface area (Å²) in [6.07, 6.45) is 4.95. The first-order chi connectivity index (χ1) is 11.9. The minimum Gasteiger partial charge on any atom is -0.379 e. The van der Waals surface area contributed by atoms with Crippen molar-refractivity contribution in [2.75, 3.05) is 52.2 Å². The zero-order valence-electron chi connectivity index (χ0n) is 14.4. The summed E-state index contributed by atoms with van der Waals surface area (Å²) in [6, 6.07) is 0. The van der Waals surface area contributed by atoms with Crippen molar-refractivity contribution in [2.45, 2.75) is 13.0 Å². The Balaban J connectivity index is 1.62. The molecule has 1 N–H and O–H groups in total. The molecule has 1 aromatic rings. The van der Waals surface area contributed by atoms with Crippen LogP contribution in [0.5, 0.6) is 0 Å². The predicted molar refractivity (Wildman–Crippen MR) is 92.8 cm³/mol. The highest BCUT2D eigenvalue weighted by atomic mass is 32.2. The number of pyridine rings is 1. The summed E-state index contributed by atoms with van der Waals surface area (Å²) in [5.74, 6) is -0.148. The maximum atomic E-state index is 12.5. The molecule has 0 unspecified atom stereocenters. The van der Waals surface area contributed by atoms with Crippen molar-refractivity contribution < 1.29 is 17.9 Å². The van der Waals surface area contributed by atoms with Crippen LogP contribution in [0.2, 0.25) is 0 Å². The van der Waals surface area contributed by atoms with Gasteiger partial charge < -0.3 is 10.1 Å². The van der Waals surface area contributed by atoms with Crippen LogP contribution in [-0.2, 0) is 27.7 Å². The second kappa shape index (κ2) is 7.77. The minimum absolute atomic E-state index is 0.148. The molecule has 0 saturated carbocycles. The predicted octanol–water partition coefficient (Wildman–Crippen LogP) is -0.539. The quantitative estimate of drug-likeness (QED) is 0.751. The lowest BCUT2D eigenvalue weighted by atomic mass is 9.98. The van der Waals surface area contributed by atoms with E-state index >= 15 is 0 Å². The first kappa shape index (κ1) is 18.2. The van der Waals surface area contributed by atoms with E-state index in [0.717, 1.165) is 44.0 Å². The van der Waals surface area contributed by atoms with Crippen molar-refractivity contribution in [3.8, 4) is 0 Å². The lowest BCUT2D eigenvalue weighted by Crippen LogP contribution is -2.41. The molecule has 25 heavy (non-hydrogen) atoms. The molecule has 8 nitrogen and oxygen atoms in total. The number of nitrogens with zero attached hydrogens (tertiary/aromatic N) is 3. The van der Waals surface area contributed by atoms with E-state index in [1.165, 1.54) is 10.6 Å². The zero-order chi connectivity index (χ0) is 17.9. The zero-order valence-corrected chi connectivity index (χ0v) is 15.2. The lowest BCUT2D eigenvalue weighted by Gasteiger charge is -2.28. The van der Waals surface area contributed by atoms with E-state index in [1.54, 1.807) is 12.4 Å². The molecule has 3 rings (SSSR count). The van der Waals surface area contributed by atoms with Gasteiger partial charge in [0.1, 0.15) is 0 Å². The molecule has 0 radical (unpaired) electrons. The number of nitrogens with one attached hydrogen (secondary N) is 1. The van der Waals surface area contributed by atoms with Crippen LogP contribution in [0, 0.1) is 0 Å². The summed E-state index contributed by atoms with van der Waals surface area (Å²) < 4.78 is 30.2. The highest BCUT2D eigenvalue weighted by Crippen LogP contribution is 2.23. The normalized spacial score (nSPS) is 19.4. The molecule has 138 valence electrons. The number of sulfonamides is 1. The van der Waals surface area contributed by atoms with Crippen molar-refractivity contribution in [3.05, 3.63) is 29.1 Å². The van der Waals surface area contributed by atoms with Crippen LogP contribution in [0.4, 0.5) is 0 Å². The molecule has 0 atom stereocenters. The van der Waals surface area contributed by atoms with Gasteiger partial charge in [-0.3, -0.25) is 14.7 Å². The van der Waals surface area contributed by atoms with E-state index in [4.69, 9.17) is 4.74 Å². The van der Waals surface area contributed by atoms with Gasteiger partial charge >= 0.3 is 0 Å². The Bertz CT molecular complexity index is 732. The lowest BCUT2D eigenvalue weighted by molar-refractivity contribution is 0.0383. The second-order valence-electron chi connectivity index (χ2n) is 6.38. The van der Waals surface area contributed by atoms with Crippen molar-refractivity contribution in [1.82, 2.24) is 19.5 Å². The first-order valence-electron chi connectivity index (χ1n) is 8.44. The van der Waals surface area contributed by atoms with Crippen LogP contribution < -0.4 is 5.32 Å². The third-order valence-corrected chi connectivity index (χ3v) is 5.89. The molecular formula is C16H24N4O4S. The Morgan fingerprint density at radius 1 is 1.28 bits per heavy atom. The molecule has 2 aliphatic rings. The molecule has 1 aromatic heterocycles. The average Bonchev–Trinajstić information content (AvgIpc) is 2.60. The second-order valence-corrected chi connectivity index (χ2v) is 8.36. The van der Waals surface area contributed by atoms with Crippen LogP contribution in [0.1, 0.15) is 21.5 Å². The number of rotatable bonds is 5. The van der Waals surface area contributed by atoms with E-state index in [-0.39, 0.29) is 12.5 Å². The fourth-order valence-corrected chi connectivity index (χ4v) is 3.99. The molecule has 0 aromatic carbocycles. The molecule has 0 bridgehead atoms. The number of morpholine rings is 1. The van der Waals surface area contributed by atoms with E-state index in [1.807, 2.05) is 0 Å². The fourth-order valence-electron chi connectivity index (χ4n) is 3.19. The molecule has 2 aliphatic heterocycles. The van der Waals surface area contributed by atoms with Crippen LogP contribution in [0.15, 0.2) is 12.4 Å². The topological polar surface area (TPSA) is 91.8 Å². The van der Waals surface area contributed by atoms with E-state index in [0.29, 0.717) is 25.1 Å². The Hall–Kier alpha value is -1.55. The highest BCUT2D eigenvalue weighted by Gasteiger charge is 2.26. The van der Waals surface area contributed by atoms with Gasteiger partial charge in [-0.05, 0) is 17.5 Å². The number of hydrogen-bond acceptors (Lipinski definition) is 6. The van der Waals surface area contributed by atoms with Gasteiger partial charge in [-0.2, -0.15) is 4.31 Å². The number of ether oxygens (including phenoxy) is 1. The molecule has 1 fully saturated rings. The van der Waals surface area contributed by atoms with Crippen molar-refractivity contribution in [3.63, 3.8) is 0 Å². The summed E-state index contributed by atoms with van der Waals surface area (Å²) in [7, 11) is -3.24. The molecule has 3 heterocycles. The molecule has 1 saturated heterocycles. The summed E-state index contributed by atoms with van der Waals surface area (Å²) in [6.45, 7) is 5.28. The maximum Gasteiger partial charge on any atom is 0.253 e. The number of amides is 1. The fraction of sp³-hybridized carbons (Fsp3) is 0.625. The Kier molecular flexibility index (Phi) is 5.67. The van der Waals surface area contributed by atoms with Crippen LogP contribution in [0.3, 0.4) is 0 Å². The van der Waals surface area contributed by atoms with Gasteiger partial charge in [0.05, 0.1) is 25.0 Å². The maximum absolute atomic E-state index is 12.5. The van der Waals surface area contributed by atoms with Gasteiger partial charge in [0.25, 0.3) is 5.91 Å². The van der Waals surface area contributed by atoms with Crippen molar-refractivity contribution >= 4 is 15.9 Å². The van der Waals surface area contributed by atoms with Crippen molar-refractivity contribution in [2.24, 2.45) is 0 Å². The van der Waals surface area contributed by atoms with E-state index < -0.39 is 10.0 Å². The summed E-state index contributed by atoms with van der Waals surface area (Å²) >= 11 is 0. The monoisotopic (exact) mass is 368 g/mol. The largest absolute Gasteiger partial charge is 0.379 e. The number of carbonyl (C=O) groups excluding carboxylic acids is 1. The number of hydrogen-bond donors (Lipinski definition) is 1. The summed E-state index contributed by atoms with van der Waals surface area (Å²) in [4.78, 5) is 18.9. The Labute approximate surface area is 148 Å². The SMILES string of the molecule is CS(=O)(=O)N1CCc2c(cncc2C(=O)NCCN2CCOCC2)C1. The van der Waals surface area contributed by atoms with Gasteiger partial charge in [-0.15, -0.1) is 0 Å².